The highest BCUT2D eigenvalue weighted by molar-refractivity contribution is 7.80. The zero-order valence-electron chi connectivity index (χ0n) is 21.8. The van der Waals surface area contributed by atoms with Gasteiger partial charge in [-0.3, -0.25) is 35.6 Å². The molecule has 0 aliphatic heterocycles. The highest BCUT2D eigenvalue weighted by Gasteiger charge is 2.27. The van der Waals surface area contributed by atoms with Gasteiger partial charge in [0.15, 0.2) is 0 Å². The third-order valence-electron chi connectivity index (χ3n) is 5.39. The first-order valence-electron chi connectivity index (χ1n) is 12.2. The predicted octanol–water partition coefficient (Wildman–Crippen LogP) is -4.49. The van der Waals surface area contributed by atoms with Gasteiger partial charge in [0, 0.05) is 5.75 Å². The van der Waals surface area contributed by atoms with Crippen molar-refractivity contribution in [3.8, 4) is 5.75 Å². The minimum atomic E-state index is -1.07. The summed E-state index contributed by atoms with van der Waals surface area (Å²) in [5.41, 5.74) is 16.9. The Bertz CT molecular complexity index is 1020. The van der Waals surface area contributed by atoms with Gasteiger partial charge in [-0.15, -0.1) is 0 Å². The largest absolute Gasteiger partial charge is 0.510 e. The van der Waals surface area contributed by atoms with E-state index in [0.717, 1.165) is 0 Å². The normalized spacial score (nSPS) is 14.4. The molecule has 12 N–H and O–H groups in total. The summed E-state index contributed by atoms with van der Waals surface area (Å²) in [6, 6.07) is 0.956. The van der Waals surface area contributed by atoms with Gasteiger partial charge in [-0.25, -0.2) is 0 Å². The number of carbonyl (C=O) groups is 5. The lowest BCUT2D eigenvalue weighted by atomic mass is 10.1. The van der Waals surface area contributed by atoms with E-state index in [1.165, 1.54) is 32.4 Å². The molecule has 0 saturated carbocycles. The Kier molecular flexibility index (Phi) is 14.2. The fourth-order valence-corrected chi connectivity index (χ4v) is 3.32. The number of hydrogen-bond donors (Lipinski definition) is 10. The summed E-state index contributed by atoms with van der Waals surface area (Å²) in [7, 11) is 0. The molecule has 1 aromatic carbocycles. The molecule has 14 nitrogen and oxygen atoms in total. The Morgan fingerprint density at radius 3 is 2.08 bits per heavy atom. The Labute approximate surface area is 232 Å². The van der Waals surface area contributed by atoms with Crippen LogP contribution in [0.25, 0.3) is 0 Å². The first-order valence-corrected chi connectivity index (χ1v) is 12.8. The molecule has 0 radical (unpaired) electrons. The van der Waals surface area contributed by atoms with E-state index in [1.54, 1.807) is 12.1 Å². The minimum Gasteiger partial charge on any atom is -0.510 e. The van der Waals surface area contributed by atoms with Crippen LogP contribution in [0.2, 0.25) is 0 Å². The van der Waals surface area contributed by atoms with E-state index >= 15 is 0 Å². The smallest absolute Gasteiger partial charge is 0.338 e. The molecule has 0 aliphatic rings. The molecule has 4 amide bonds. The summed E-state index contributed by atoms with van der Waals surface area (Å²) in [5, 5.41) is 19.4. The van der Waals surface area contributed by atoms with Gasteiger partial charge in [0.1, 0.15) is 24.4 Å². The lowest BCUT2D eigenvalue weighted by molar-refractivity contribution is -0.459. The Morgan fingerprint density at radius 1 is 0.974 bits per heavy atom. The van der Waals surface area contributed by atoms with Crippen LogP contribution in [0.5, 0.6) is 5.75 Å². The van der Waals surface area contributed by atoms with Crippen LogP contribution in [-0.4, -0.2) is 83.5 Å². The van der Waals surface area contributed by atoms with Crippen molar-refractivity contribution in [3.63, 3.8) is 0 Å². The minimum absolute atomic E-state index is 0.00367. The van der Waals surface area contributed by atoms with Gasteiger partial charge < -0.3 is 36.9 Å². The highest BCUT2D eigenvalue weighted by Crippen LogP contribution is 2.12. The van der Waals surface area contributed by atoms with Crippen molar-refractivity contribution < 1.29 is 34.1 Å². The lowest BCUT2D eigenvalue weighted by Crippen LogP contribution is -2.78. The quantitative estimate of drug-likeness (QED) is 0.0231. The molecule has 5 atom stereocenters. The molecule has 1 rings (SSSR count). The zero-order chi connectivity index (χ0) is 29.5. The van der Waals surface area contributed by atoms with E-state index in [-0.39, 0.29) is 23.9 Å². The molecule has 0 aromatic heterocycles. The number of nitrogens with two attached hydrogens (primary N) is 3. The second-order valence-electron chi connectivity index (χ2n) is 8.76. The van der Waals surface area contributed by atoms with Crippen LogP contribution in [0, 0.1) is 6.42 Å². The summed E-state index contributed by atoms with van der Waals surface area (Å²) in [4.78, 5) is 64.5. The van der Waals surface area contributed by atoms with E-state index in [4.69, 9.17) is 17.2 Å². The van der Waals surface area contributed by atoms with Crippen LogP contribution in [0.3, 0.4) is 0 Å². The highest BCUT2D eigenvalue weighted by atomic mass is 32.1. The van der Waals surface area contributed by atoms with Crippen LogP contribution in [-0.2, 0) is 24.0 Å². The summed E-state index contributed by atoms with van der Waals surface area (Å²) in [6.07, 6.45) is 2.51. The molecule has 216 valence electrons. The molecular weight excluding hydrogens is 528 g/mol. The number of phenolic OH excluding ortho intramolecular Hbond substituents is 1. The maximum Gasteiger partial charge on any atom is 0.338 e. The van der Waals surface area contributed by atoms with Crippen molar-refractivity contribution in [3.05, 3.63) is 36.2 Å². The van der Waals surface area contributed by atoms with Crippen molar-refractivity contribution in [2.45, 2.75) is 56.9 Å². The Hall–Kier alpha value is -3.98. The summed E-state index contributed by atoms with van der Waals surface area (Å²) in [6.45, 7) is 3.16. The van der Waals surface area contributed by atoms with Crippen molar-refractivity contribution >= 4 is 48.5 Å². The SMILES string of the molecule is C[C@H](NC(=O)[C@H](CCC[NH+]=C(N)N)NC(=O)[C@H](C)NC(=O)[C@@H](N)CS)C(=O)N[C@H](C=O)[CH-]c1ccc(O)cc1. The molecule has 0 spiro atoms. The molecule has 0 heterocycles. The molecule has 1 aromatic rings. The molecule has 0 unspecified atom stereocenters. The van der Waals surface area contributed by atoms with E-state index in [9.17, 15) is 29.1 Å². The van der Waals surface area contributed by atoms with Crippen molar-refractivity contribution in [1.82, 2.24) is 21.3 Å². The number of carbonyl (C=O) groups excluding carboxylic acids is 5. The number of benzene rings is 1. The molecule has 15 heteroatoms. The van der Waals surface area contributed by atoms with Crippen LogP contribution in [0.4, 0.5) is 0 Å². The first-order chi connectivity index (χ1) is 18.4. The van der Waals surface area contributed by atoms with Crippen molar-refractivity contribution in [2.24, 2.45) is 17.2 Å². The topological polar surface area (TPSA) is 246 Å². The van der Waals surface area contributed by atoms with Gasteiger partial charge in [0.25, 0.3) is 0 Å². The molecule has 0 saturated heterocycles. The molecule has 0 aliphatic carbocycles. The second-order valence-corrected chi connectivity index (χ2v) is 9.13. The van der Waals surface area contributed by atoms with E-state index < -0.39 is 53.8 Å². The molecular formula is C24H38N8O6S. The summed E-state index contributed by atoms with van der Waals surface area (Å²) in [5.74, 6) is -2.40. The standard InChI is InChI=1S/C24H37N8O6S/c1-13(20(35)31-16(11-33)10-15-5-7-17(34)8-6-15)30-23(38)19(4-3-9-28-24(26)27)32-21(36)14(2)29-22(37)18(25)12-39/h5-8,10-11,13-14,16,18-19,34,39H,3-4,9,12,25H2,1-2H3,(H,29,37)(H,30,38)(H,31,35)(H,32,36)(H4,26,27,28)/q-1/p+1/t13-,14-,16-,18-,19-/m0/s1. The predicted molar refractivity (Wildman–Crippen MR) is 147 cm³/mol. The van der Waals surface area contributed by atoms with Gasteiger partial charge in [-0.2, -0.15) is 36.7 Å². The van der Waals surface area contributed by atoms with Crippen molar-refractivity contribution in [2.75, 3.05) is 12.3 Å². The number of phenols is 1. The number of nitrogens with one attached hydrogen (secondary N) is 5. The Morgan fingerprint density at radius 2 is 1.54 bits per heavy atom. The zero-order valence-corrected chi connectivity index (χ0v) is 22.7. The number of thiol groups is 1. The third kappa shape index (κ3) is 12.4. The van der Waals surface area contributed by atoms with E-state index in [1.807, 2.05) is 0 Å². The fraction of sp³-hybridized carbons (Fsp3) is 0.458. The molecule has 0 bridgehead atoms. The number of rotatable bonds is 16. The van der Waals surface area contributed by atoms with Crippen LogP contribution < -0.4 is 43.5 Å². The summed E-state index contributed by atoms with van der Waals surface area (Å²) >= 11 is 3.95. The van der Waals surface area contributed by atoms with Gasteiger partial charge in [-0.05, 0) is 26.7 Å². The maximum absolute atomic E-state index is 13.0. The van der Waals surface area contributed by atoms with Crippen molar-refractivity contribution in [1.29, 1.82) is 0 Å². The van der Waals surface area contributed by atoms with E-state index in [0.29, 0.717) is 24.8 Å². The monoisotopic (exact) mass is 566 g/mol. The fourth-order valence-electron chi connectivity index (χ4n) is 3.15. The number of amides is 4. The molecule has 39 heavy (non-hydrogen) atoms. The maximum atomic E-state index is 13.0. The van der Waals surface area contributed by atoms with Gasteiger partial charge in [0.05, 0.1) is 24.4 Å². The molecule has 0 fully saturated rings. The van der Waals surface area contributed by atoms with E-state index in [2.05, 4.69) is 38.9 Å². The number of hydrogen-bond acceptors (Lipinski definition) is 8. The first kappa shape index (κ1) is 33.0. The van der Waals surface area contributed by atoms with Crippen LogP contribution >= 0.6 is 12.6 Å². The average molecular weight is 567 g/mol. The number of aldehydes is 1. The number of aromatic hydroxyl groups is 1. The number of guanidine groups is 1. The van der Waals surface area contributed by atoms with Crippen LogP contribution in [0.1, 0.15) is 32.3 Å². The van der Waals surface area contributed by atoms with Gasteiger partial charge in [-0.1, -0.05) is 12.1 Å². The third-order valence-corrected chi connectivity index (χ3v) is 5.78. The summed E-state index contributed by atoms with van der Waals surface area (Å²) < 4.78 is 0. The van der Waals surface area contributed by atoms with Gasteiger partial charge >= 0.3 is 5.96 Å². The average Bonchev–Trinajstić information content (AvgIpc) is 2.89. The van der Waals surface area contributed by atoms with Crippen LogP contribution in [0.15, 0.2) is 24.3 Å². The Balaban J connectivity index is 2.82. The second kappa shape index (κ2) is 16.8. The lowest BCUT2D eigenvalue weighted by Gasteiger charge is -2.24. The van der Waals surface area contributed by atoms with Gasteiger partial charge in [0.2, 0.25) is 23.6 Å².